The summed E-state index contributed by atoms with van der Waals surface area (Å²) in [6, 6.07) is 5.92. The fraction of sp³-hybridized carbons (Fsp3) is 0.571. The second-order valence-corrected chi connectivity index (χ2v) is 7.88. The number of benzene rings is 1. The van der Waals surface area contributed by atoms with Crippen LogP contribution in [0.4, 0.5) is 5.82 Å². The summed E-state index contributed by atoms with van der Waals surface area (Å²) in [5.74, 6) is 2.20. The predicted molar refractivity (Wildman–Crippen MR) is 113 cm³/mol. The number of aromatic nitrogens is 2. The molecule has 2 aromatic rings. The van der Waals surface area contributed by atoms with Gasteiger partial charge in [0.15, 0.2) is 0 Å². The first-order chi connectivity index (χ1) is 12.8. The molecule has 1 N–H and O–H groups in total. The topological polar surface area (TPSA) is 58.1 Å². The van der Waals surface area contributed by atoms with Gasteiger partial charge in [0, 0.05) is 42.4 Å². The lowest BCUT2D eigenvalue weighted by Crippen LogP contribution is -2.37. The molecule has 27 heavy (non-hydrogen) atoms. The quantitative estimate of drug-likeness (QED) is 0.679. The van der Waals surface area contributed by atoms with Crippen LogP contribution in [0.5, 0.6) is 0 Å². The van der Waals surface area contributed by atoms with Crippen LogP contribution in [0, 0.1) is 5.92 Å². The molecular formula is C21H31ClN4O. The number of halogens is 1. The Morgan fingerprint density at radius 2 is 1.96 bits per heavy atom. The van der Waals surface area contributed by atoms with Crippen LogP contribution in [0.25, 0.3) is 10.9 Å². The molecule has 1 amide bonds. The van der Waals surface area contributed by atoms with Gasteiger partial charge in [0.2, 0.25) is 5.91 Å². The molecule has 0 bridgehead atoms. The van der Waals surface area contributed by atoms with E-state index in [1.54, 1.807) is 0 Å². The van der Waals surface area contributed by atoms with Gasteiger partial charge in [-0.1, -0.05) is 39.3 Å². The van der Waals surface area contributed by atoms with Crippen LogP contribution >= 0.6 is 11.6 Å². The van der Waals surface area contributed by atoms with E-state index in [-0.39, 0.29) is 11.9 Å². The average molecular weight is 391 g/mol. The Balaban J connectivity index is 2.33. The highest BCUT2D eigenvalue weighted by molar-refractivity contribution is 6.31. The van der Waals surface area contributed by atoms with Gasteiger partial charge in [0.1, 0.15) is 11.6 Å². The molecule has 0 saturated heterocycles. The molecule has 0 aliphatic carbocycles. The second kappa shape index (κ2) is 9.88. The Morgan fingerprint density at radius 3 is 2.59 bits per heavy atom. The molecule has 1 aromatic heterocycles. The number of hydrogen-bond donors (Lipinski definition) is 1. The number of rotatable bonds is 9. The summed E-state index contributed by atoms with van der Waals surface area (Å²) in [7, 11) is 0. The number of carbonyl (C=O) groups excluding carboxylic acids is 1. The van der Waals surface area contributed by atoms with Gasteiger partial charge < -0.3 is 10.2 Å². The van der Waals surface area contributed by atoms with Crippen molar-refractivity contribution in [2.24, 2.45) is 5.92 Å². The molecule has 1 aromatic carbocycles. The summed E-state index contributed by atoms with van der Waals surface area (Å²) in [6.45, 7) is 11.9. The van der Waals surface area contributed by atoms with Crippen molar-refractivity contribution in [3.05, 3.63) is 29.0 Å². The number of anilines is 1. The van der Waals surface area contributed by atoms with Crippen molar-refractivity contribution in [2.75, 3.05) is 18.0 Å². The van der Waals surface area contributed by atoms with Crippen LogP contribution in [0.2, 0.25) is 5.02 Å². The Morgan fingerprint density at radius 1 is 1.22 bits per heavy atom. The molecule has 0 fully saturated rings. The summed E-state index contributed by atoms with van der Waals surface area (Å²) < 4.78 is 0. The Bertz CT molecular complexity index is 778. The average Bonchev–Trinajstić information content (AvgIpc) is 2.63. The number of amides is 1. The van der Waals surface area contributed by atoms with Crippen LogP contribution in [-0.4, -0.2) is 35.0 Å². The van der Waals surface area contributed by atoms with E-state index in [0.717, 1.165) is 41.9 Å². The SMILES string of the molecule is CCc1nc(N(CCC(=O)N[C@@H](C)CC)CC(C)C)c2ccc(Cl)cc2n1. The number of hydrogen-bond acceptors (Lipinski definition) is 4. The van der Waals surface area contributed by atoms with Gasteiger partial charge in [0.25, 0.3) is 0 Å². The highest BCUT2D eigenvalue weighted by Gasteiger charge is 2.17. The minimum absolute atomic E-state index is 0.0789. The minimum Gasteiger partial charge on any atom is -0.355 e. The van der Waals surface area contributed by atoms with Crippen molar-refractivity contribution < 1.29 is 4.79 Å². The van der Waals surface area contributed by atoms with Crippen molar-refractivity contribution in [1.29, 1.82) is 0 Å². The van der Waals surface area contributed by atoms with Crippen molar-refractivity contribution in [1.82, 2.24) is 15.3 Å². The predicted octanol–water partition coefficient (Wildman–Crippen LogP) is 4.61. The fourth-order valence-corrected chi connectivity index (χ4v) is 3.11. The molecule has 148 valence electrons. The van der Waals surface area contributed by atoms with Gasteiger partial charge in [-0.05, 0) is 37.5 Å². The van der Waals surface area contributed by atoms with Crippen molar-refractivity contribution in [3.8, 4) is 0 Å². The summed E-state index contributed by atoms with van der Waals surface area (Å²) in [5.41, 5.74) is 0.849. The van der Waals surface area contributed by atoms with Crippen molar-refractivity contribution >= 4 is 34.2 Å². The summed E-state index contributed by atoms with van der Waals surface area (Å²) in [5, 5.41) is 4.68. The number of nitrogens with one attached hydrogen (secondary N) is 1. The van der Waals surface area contributed by atoms with E-state index in [1.165, 1.54) is 0 Å². The smallest absolute Gasteiger partial charge is 0.221 e. The molecule has 0 radical (unpaired) electrons. The standard InChI is InChI=1S/C21H31ClN4O/c1-6-15(5)23-20(27)10-11-26(13-14(3)4)21-17-9-8-16(22)12-18(17)24-19(7-2)25-21/h8-9,12,14-15H,6-7,10-11,13H2,1-5H3,(H,23,27)/t15-/m0/s1. The molecular weight excluding hydrogens is 360 g/mol. The first-order valence-electron chi connectivity index (χ1n) is 9.84. The lowest BCUT2D eigenvalue weighted by atomic mass is 10.1. The molecule has 0 aliphatic rings. The molecule has 6 heteroatoms. The van der Waals surface area contributed by atoms with Crippen LogP contribution in [0.15, 0.2) is 18.2 Å². The first-order valence-corrected chi connectivity index (χ1v) is 10.2. The largest absolute Gasteiger partial charge is 0.355 e. The van der Waals surface area contributed by atoms with Crippen LogP contribution in [-0.2, 0) is 11.2 Å². The number of fused-ring (bicyclic) bond motifs is 1. The highest BCUT2D eigenvalue weighted by atomic mass is 35.5. The van der Waals surface area contributed by atoms with E-state index in [2.05, 4.69) is 36.0 Å². The van der Waals surface area contributed by atoms with Gasteiger partial charge >= 0.3 is 0 Å². The molecule has 2 rings (SSSR count). The van der Waals surface area contributed by atoms with Crippen molar-refractivity contribution in [2.45, 2.75) is 59.9 Å². The van der Waals surface area contributed by atoms with Crippen LogP contribution < -0.4 is 10.2 Å². The summed E-state index contributed by atoms with van der Waals surface area (Å²) in [4.78, 5) is 23.9. The zero-order valence-electron chi connectivity index (χ0n) is 17.1. The first kappa shape index (κ1) is 21.4. The van der Waals surface area contributed by atoms with E-state index in [0.29, 0.717) is 23.9 Å². The van der Waals surface area contributed by atoms with Gasteiger partial charge in [-0.2, -0.15) is 0 Å². The maximum absolute atomic E-state index is 12.3. The van der Waals surface area contributed by atoms with Gasteiger partial charge in [0.05, 0.1) is 5.52 Å². The number of carbonyl (C=O) groups is 1. The van der Waals surface area contributed by atoms with Crippen molar-refractivity contribution in [3.63, 3.8) is 0 Å². The van der Waals surface area contributed by atoms with E-state index in [1.807, 2.05) is 32.0 Å². The van der Waals surface area contributed by atoms with E-state index in [9.17, 15) is 4.79 Å². The Labute approximate surface area is 167 Å². The Hall–Kier alpha value is -1.88. The van der Waals surface area contributed by atoms with Gasteiger partial charge in [-0.3, -0.25) is 4.79 Å². The lowest BCUT2D eigenvalue weighted by molar-refractivity contribution is -0.121. The fourth-order valence-electron chi connectivity index (χ4n) is 2.94. The van der Waals surface area contributed by atoms with Crippen LogP contribution in [0.1, 0.15) is 53.3 Å². The Kier molecular flexibility index (Phi) is 7.84. The molecule has 0 aliphatic heterocycles. The molecule has 1 heterocycles. The van der Waals surface area contributed by atoms with Gasteiger partial charge in [-0.15, -0.1) is 0 Å². The maximum atomic E-state index is 12.3. The lowest BCUT2D eigenvalue weighted by Gasteiger charge is -2.27. The highest BCUT2D eigenvalue weighted by Crippen LogP contribution is 2.27. The van der Waals surface area contributed by atoms with E-state index < -0.39 is 0 Å². The second-order valence-electron chi connectivity index (χ2n) is 7.45. The number of nitrogens with zero attached hydrogens (tertiary/aromatic N) is 3. The monoisotopic (exact) mass is 390 g/mol. The summed E-state index contributed by atoms with van der Waals surface area (Å²) in [6.07, 6.45) is 2.12. The van der Waals surface area contributed by atoms with E-state index >= 15 is 0 Å². The molecule has 5 nitrogen and oxygen atoms in total. The molecule has 0 saturated carbocycles. The maximum Gasteiger partial charge on any atom is 0.221 e. The van der Waals surface area contributed by atoms with E-state index in [4.69, 9.17) is 16.6 Å². The zero-order valence-corrected chi connectivity index (χ0v) is 17.8. The third kappa shape index (κ3) is 6.06. The number of aryl methyl sites for hydroxylation is 1. The summed E-state index contributed by atoms with van der Waals surface area (Å²) >= 11 is 6.17. The third-order valence-electron chi connectivity index (χ3n) is 4.51. The molecule has 1 atom stereocenters. The van der Waals surface area contributed by atoms with Gasteiger partial charge in [-0.25, -0.2) is 9.97 Å². The molecule has 0 spiro atoms. The third-order valence-corrected chi connectivity index (χ3v) is 4.75. The van der Waals surface area contributed by atoms with Crippen LogP contribution in [0.3, 0.4) is 0 Å². The zero-order chi connectivity index (χ0) is 20.0. The minimum atomic E-state index is 0.0789. The molecule has 0 unspecified atom stereocenters. The normalized spacial score (nSPS) is 12.4.